The molecule has 7 nitrogen and oxygen atoms in total. The number of aromatic nitrogens is 2. The summed E-state index contributed by atoms with van der Waals surface area (Å²) in [6.07, 6.45) is 2.24. The molecule has 0 radical (unpaired) electrons. The van der Waals surface area contributed by atoms with Crippen molar-refractivity contribution in [2.75, 3.05) is 32.8 Å². The summed E-state index contributed by atoms with van der Waals surface area (Å²) in [6.45, 7) is 6.32. The molecule has 0 saturated carbocycles. The van der Waals surface area contributed by atoms with E-state index < -0.39 is 0 Å². The summed E-state index contributed by atoms with van der Waals surface area (Å²) in [7, 11) is 1.56. The summed E-state index contributed by atoms with van der Waals surface area (Å²) in [5.41, 5.74) is 0.132. The predicted octanol–water partition coefficient (Wildman–Crippen LogP) is 0.106. The zero-order valence-electron chi connectivity index (χ0n) is 13.8. The molecule has 7 heteroatoms. The molecule has 0 N–H and O–H groups in total. The normalized spacial score (nSPS) is 23.9. The smallest absolute Gasteiger partial charge is 0.274 e. The molecule has 0 bridgehead atoms. The number of rotatable bonds is 2. The maximum absolute atomic E-state index is 12.5. The van der Waals surface area contributed by atoms with Crippen molar-refractivity contribution in [3.8, 4) is 0 Å². The van der Waals surface area contributed by atoms with Crippen LogP contribution < -0.4 is 5.56 Å². The van der Waals surface area contributed by atoms with Crippen molar-refractivity contribution >= 4 is 5.91 Å². The minimum absolute atomic E-state index is 0.0885. The fraction of sp³-hybridized carbons (Fsp3) is 0.688. The van der Waals surface area contributed by atoms with E-state index in [0.717, 1.165) is 45.6 Å². The highest BCUT2D eigenvalue weighted by Gasteiger charge is 2.30. The van der Waals surface area contributed by atoms with Crippen molar-refractivity contribution in [1.29, 1.82) is 0 Å². The lowest BCUT2D eigenvalue weighted by molar-refractivity contribution is -0.0424. The SMILES string of the molecule is C[C@H]1CN(C2CCN(C(=O)c3ccc(=O)n(C)n3)CC2)CCO1. The van der Waals surface area contributed by atoms with E-state index in [4.69, 9.17) is 4.74 Å². The van der Waals surface area contributed by atoms with E-state index in [-0.39, 0.29) is 11.5 Å². The lowest BCUT2D eigenvalue weighted by Gasteiger charge is -2.41. The van der Waals surface area contributed by atoms with Crippen LogP contribution in [0.4, 0.5) is 0 Å². The van der Waals surface area contributed by atoms with Crippen molar-refractivity contribution in [1.82, 2.24) is 19.6 Å². The zero-order chi connectivity index (χ0) is 16.4. The molecule has 1 aromatic heterocycles. The van der Waals surface area contributed by atoms with Crippen molar-refractivity contribution in [3.05, 3.63) is 28.2 Å². The first-order valence-corrected chi connectivity index (χ1v) is 8.24. The van der Waals surface area contributed by atoms with Gasteiger partial charge in [-0.25, -0.2) is 4.68 Å². The number of carbonyl (C=O) groups is 1. The van der Waals surface area contributed by atoms with Crippen molar-refractivity contribution in [3.63, 3.8) is 0 Å². The second-order valence-electron chi connectivity index (χ2n) is 6.38. The maximum Gasteiger partial charge on any atom is 0.274 e. The Morgan fingerprint density at radius 3 is 2.65 bits per heavy atom. The molecule has 3 rings (SSSR count). The number of amides is 1. The van der Waals surface area contributed by atoms with Crippen LogP contribution in [0.5, 0.6) is 0 Å². The summed E-state index contributed by atoms with van der Waals surface area (Å²) in [6, 6.07) is 3.43. The molecule has 3 heterocycles. The van der Waals surface area contributed by atoms with Gasteiger partial charge in [0.25, 0.3) is 11.5 Å². The van der Waals surface area contributed by atoms with Gasteiger partial charge in [0.1, 0.15) is 5.69 Å². The van der Waals surface area contributed by atoms with Crippen LogP contribution in [0.2, 0.25) is 0 Å². The first-order valence-electron chi connectivity index (χ1n) is 8.24. The number of hydrogen-bond donors (Lipinski definition) is 0. The van der Waals surface area contributed by atoms with Gasteiger partial charge in [0.15, 0.2) is 0 Å². The number of hydrogen-bond acceptors (Lipinski definition) is 5. The van der Waals surface area contributed by atoms with Crippen molar-refractivity contribution < 1.29 is 9.53 Å². The van der Waals surface area contributed by atoms with E-state index in [9.17, 15) is 9.59 Å². The van der Waals surface area contributed by atoms with Gasteiger partial charge in [-0.05, 0) is 25.8 Å². The standard InChI is InChI=1S/C16H24N4O3/c1-12-11-20(9-10-23-12)13-5-7-19(8-6-13)16(22)14-3-4-15(21)18(2)17-14/h3-4,12-13H,5-11H2,1-2H3/t12-/m0/s1. The highest BCUT2D eigenvalue weighted by Crippen LogP contribution is 2.20. The monoisotopic (exact) mass is 320 g/mol. The Bertz CT molecular complexity index is 622. The Morgan fingerprint density at radius 1 is 1.26 bits per heavy atom. The molecular weight excluding hydrogens is 296 g/mol. The number of carbonyl (C=O) groups excluding carboxylic acids is 1. The number of likely N-dealkylation sites (tertiary alicyclic amines) is 1. The van der Waals surface area contributed by atoms with Gasteiger partial charge in [-0.1, -0.05) is 0 Å². The van der Waals surface area contributed by atoms with Crippen LogP contribution in [-0.4, -0.2) is 70.4 Å². The average Bonchev–Trinajstić information content (AvgIpc) is 2.57. The van der Waals surface area contributed by atoms with Crippen LogP contribution in [0.3, 0.4) is 0 Å². The summed E-state index contributed by atoms with van der Waals surface area (Å²) in [5.74, 6) is -0.0885. The Kier molecular flexibility index (Phi) is 4.77. The Balaban J connectivity index is 1.58. The third-order valence-electron chi connectivity index (χ3n) is 4.72. The second-order valence-corrected chi connectivity index (χ2v) is 6.38. The summed E-state index contributed by atoms with van der Waals surface area (Å²) in [5, 5.41) is 4.05. The molecular formula is C16H24N4O3. The Morgan fingerprint density at radius 2 is 2.00 bits per heavy atom. The van der Waals surface area contributed by atoms with Gasteiger partial charge in [0.05, 0.1) is 12.7 Å². The van der Waals surface area contributed by atoms with Crippen LogP contribution in [0.1, 0.15) is 30.3 Å². The number of nitrogens with zero attached hydrogens (tertiary/aromatic N) is 4. The molecule has 0 unspecified atom stereocenters. The molecule has 1 atom stereocenters. The van der Waals surface area contributed by atoms with E-state index in [2.05, 4.69) is 16.9 Å². The molecule has 0 aliphatic carbocycles. The summed E-state index contributed by atoms with van der Waals surface area (Å²) in [4.78, 5) is 28.2. The van der Waals surface area contributed by atoms with Crippen LogP contribution in [-0.2, 0) is 11.8 Å². The first kappa shape index (κ1) is 16.1. The molecule has 1 aromatic rings. The average molecular weight is 320 g/mol. The van der Waals surface area contributed by atoms with Gasteiger partial charge >= 0.3 is 0 Å². The highest BCUT2D eigenvalue weighted by molar-refractivity contribution is 5.92. The number of aryl methyl sites for hydroxylation is 1. The molecule has 0 aromatic carbocycles. The first-order chi connectivity index (χ1) is 11.0. The third kappa shape index (κ3) is 3.61. The van der Waals surface area contributed by atoms with Crippen molar-refractivity contribution in [2.45, 2.75) is 31.9 Å². The van der Waals surface area contributed by atoms with Gasteiger partial charge in [-0.2, -0.15) is 5.10 Å². The van der Waals surface area contributed by atoms with E-state index in [1.165, 1.54) is 16.8 Å². The van der Waals surface area contributed by atoms with Gasteiger partial charge in [-0.15, -0.1) is 0 Å². The fourth-order valence-corrected chi connectivity index (χ4v) is 3.39. The third-order valence-corrected chi connectivity index (χ3v) is 4.72. The molecule has 2 fully saturated rings. The predicted molar refractivity (Wildman–Crippen MR) is 85.4 cm³/mol. The molecule has 2 aliphatic heterocycles. The van der Waals surface area contributed by atoms with E-state index >= 15 is 0 Å². The fourth-order valence-electron chi connectivity index (χ4n) is 3.39. The highest BCUT2D eigenvalue weighted by atomic mass is 16.5. The topological polar surface area (TPSA) is 67.7 Å². The Hall–Kier alpha value is -1.73. The van der Waals surface area contributed by atoms with Crippen LogP contribution in [0.15, 0.2) is 16.9 Å². The van der Waals surface area contributed by atoms with E-state index in [1.54, 1.807) is 7.05 Å². The number of ether oxygens (including phenoxy) is 1. The number of piperidine rings is 1. The summed E-state index contributed by atoms with van der Waals surface area (Å²) < 4.78 is 6.80. The van der Waals surface area contributed by atoms with Gasteiger partial charge < -0.3 is 9.64 Å². The van der Waals surface area contributed by atoms with Crippen LogP contribution >= 0.6 is 0 Å². The van der Waals surface area contributed by atoms with Crippen molar-refractivity contribution in [2.24, 2.45) is 7.05 Å². The van der Waals surface area contributed by atoms with Crippen LogP contribution in [0, 0.1) is 0 Å². The maximum atomic E-state index is 12.5. The molecule has 23 heavy (non-hydrogen) atoms. The minimum atomic E-state index is -0.207. The van der Waals surface area contributed by atoms with Crippen LogP contribution in [0.25, 0.3) is 0 Å². The summed E-state index contributed by atoms with van der Waals surface area (Å²) >= 11 is 0. The second kappa shape index (κ2) is 6.80. The van der Waals surface area contributed by atoms with Gasteiger partial charge in [0.2, 0.25) is 0 Å². The molecule has 126 valence electrons. The molecule has 1 amide bonds. The largest absolute Gasteiger partial charge is 0.376 e. The van der Waals surface area contributed by atoms with E-state index in [0.29, 0.717) is 17.8 Å². The quantitative estimate of drug-likeness (QED) is 0.773. The Labute approximate surface area is 135 Å². The van der Waals surface area contributed by atoms with Gasteiger partial charge in [-0.3, -0.25) is 14.5 Å². The molecule has 0 spiro atoms. The lowest BCUT2D eigenvalue weighted by atomic mass is 10.0. The molecule has 2 saturated heterocycles. The minimum Gasteiger partial charge on any atom is -0.376 e. The molecule has 2 aliphatic rings. The zero-order valence-corrected chi connectivity index (χ0v) is 13.8. The van der Waals surface area contributed by atoms with Gasteiger partial charge in [0, 0.05) is 45.3 Å². The number of morpholine rings is 1. The lowest BCUT2D eigenvalue weighted by Crippen LogP contribution is -2.51. The van der Waals surface area contributed by atoms with E-state index in [1.807, 2.05) is 4.90 Å².